The Hall–Kier alpha value is -2.94. The van der Waals surface area contributed by atoms with E-state index in [9.17, 15) is 0 Å². The zero-order chi connectivity index (χ0) is 17.3. The molecule has 1 aromatic heterocycles. The highest BCUT2D eigenvalue weighted by Gasteiger charge is 2.35. The van der Waals surface area contributed by atoms with Crippen molar-refractivity contribution in [3.8, 4) is 0 Å². The summed E-state index contributed by atoms with van der Waals surface area (Å²) in [5.74, 6) is 1.27. The van der Waals surface area contributed by atoms with Crippen LogP contribution in [0.2, 0.25) is 0 Å². The summed E-state index contributed by atoms with van der Waals surface area (Å²) in [6.45, 7) is 0. The SMILES string of the molecule is c1ccc([C@H]2OC(c3cccc(C4CC4)n3)=N[C@H]2c2ccccc2)cc1. The van der Waals surface area contributed by atoms with Crippen LogP contribution in [0.3, 0.4) is 0 Å². The maximum Gasteiger partial charge on any atom is 0.236 e. The van der Waals surface area contributed by atoms with E-state index in [-0.39, 0.29) is 12.1 Å². The number of rotatable bonds is 4. The number of aliphatic imine (C=N–C) groups is 1. The Morgan fingerprint density at radius 1 is 0.731 bits per heavy atom. The Morgan fingerprint density at radius 2 is 1.42 bits per heavy atom. The van der Waals surface area contributed by atoms with Crippen LogP contribution in [-0.2, 0) is 4.74 Å². The monoisotopic (exact) mass is 340 g/mol. The summed E-state index contributed by atoms with van der Waals surface area (Å²) in [6, 6.07) is 26.8. The first-order chi connectivity index (χ1) is 12.9. The molecule has 2 heterocycles. The molecule has 1 fully saturated rings. The number of hydrogen-bond donors (Lipinski definition) is 0. The highest BCUT2D eigenvalue weighted by Crippen LogP contribution is 2.42. The molecule has 0 spiro atoms. The molecule has 2 aromatic carbocycles. The molecule has 3 heteroatoms. The fraction of sp³-hybridized carbons (Fsp3) is 0.217. The lowest BCUT2D eigenvalue weighted by Gasteiger charge is -2.18. The van der Waals surface area contributed by atoms with Gasteiger partial charge in [-0.15, -0.1) is 0 Å². The Morgan fingerprint density at radius 3 is 2.12 bits per heavy atom. The van der Waals surface area contributed by atoms with Crippen molar-refractivity contribution in [3.63, 3.8) is 0 Å². The summed E-state index contributed by atoms with van der Waals surface area (Å²) in [7, 11) is 0. The number of hydrogen-bond acceptors (Lipinski definition) is 3. The van der Waals surface area contributed by atoms with E-state index in [1.165, 1.54) is 12.8 Å². The van der Waals surface area contributed by atoms with Gasteiger partial charge in [0, 0.05) is 11.6 Å². The normalized spacial score (nSPS) is 21.9. The van der Waals surface area contributed by atoms with Gasteiger partial charge in [-0.1, -0.05) is 66.7 Å². The molecule has 5 rings (SSSR count). The molecule has 0 bridgehead atoms. The predicted octanol–water partition coefficient (Wildman–Crippen LogP) is 5.22. The highest BCUT2D eigenvalue weighted by molar-refractivity contribution is 5.93. The van der Waals surface area contributed by atoms with Crippen molar-refractivity contribution in [2.75, 3.05) is 0 Å². The summed E-state index contributed by atoms with van der Waals surface area (Å²) < 4.78 is 6.34. The van der Waals surface area contributed by atoms with Crippen LogP contribution in [-0.4, -0.2) is 10.9 Å². The van der Waals surface area contributed by atoms with E-state index < -0.39 is 0 Å². The van der Waals surface area contributed by atoms with E-state index in [2.05, 4.69) is 48.5 Å². The third-order valence-electron chi connectivity index (χ3n) is 5.04. The third kappa shape index (κ3) is 2.90. The van der Waals surface area contributed by atoms with Crippen molar-refractivity contribution in [3.05, 3.63) is 101 Å². The molecule has 3 aromatic rings. The maximum absolute atomic E-state index is 6.34. The van der Waals surface area contributed by atoms with E-state index in [1.54, 1.807) is 0 Å². The lowest BCUT2D eigenvalue weighted by Crippen LogP contribution is -2.10. The van der Waals surface area contributed by atoms with Gasteiger partial charge in [-0.2, -0.15) is 0 Å². The number of pyridine rings is 1. The van der Waals surface area contributed by atoms with Crippen LogP contribution in [0.5, 0.6) is 0 Å². The zero-order valence-corrected chi connectivity index (χ0v) is 14.5. The van der Waals surface area contributed by atoms with Crippen LogP contribution in [0.1, 0.15) is 53.4 Å². The van der Waals surface area contributed by atoms with Crippen LogP contribution in [0.15, 0.2) is 83.9 Å². The average Bonchev–Trinajstić information content (AvgIpc) is 3.48. The minimum atomic E-state index is -0.125. The highest BCUT2D eigenvalue weighted by atomic mass is 16.5. The van der Waals surface area contributed by atoms with E-state index in [4.69, 9.17) is 14.7 Å². The Bertz CT molecular complexity index is 933. The van der Waals surface area contributed by atoms with Crippen molar-refractivity contribution < 1.29 is 4.74 Å². The third-order valence-corrected chi connectivity index (χ3v) is 5.04. The van der Waals surface area contributed by atoms with Crippen LogP contribution in [0.25, 0.3) is 0 Å². The lowest BCUT2D eigenvalue weighted by molar-refractivity contribution is 0.196. The van der Waals surface area contributed by atoms with Gasteiger partial charge in [0.1, 0.15) is 11.7 Å². The van der Waals surface area contributed by atoms with Crippen molar-refractivity contribution in [2.24, 2.45) is 4.99 Å². The van der Waals surface area contributed by atoms with Gasteiger partial charge < -0.3 is 4.74 Å². The van der Waals surface area contributed by atoms with Crippen molar-refractivity contribution in [1.82, 2.24) is 4.98 Å². The smallest absolute Gasteiger partial charge is 0.236 e. The minimum absolute atomic E-state index is 0.0556. The van der Waals surface area contributed by atoms with E-state index in [0.717, 1.165) is 22.5 Å². The molecule has 0 N–H and O–H groups in total. The van der Waals surface area contributed by atoms with Crippen LogP contribution >= 0.6 is 0 Å². The molecular weight excluding hydrogens is 320 g/mol. The molecule has 0 unspecified atom stereocenters. The maximum atomic E-state index is 6.34. The van der Waals surface area contributed by atoms with Crippen molar-refractivity contribution >= 4 is 5.90 Å². The molecule has 0 amide bonds. The first-order valence-electron chi connectivity index (χ1n) is 9.20. The Kier molecular flexibility index (Phi) is 3.78. The molecule has 1 saturated carbocycles. The molecule has 2 atom stereocenters. The molecule has 1 aliphatic heterocycles. The largest absolute Gasteiger partial charge is 0.465 e. The van der Waals surface area contributed by atoms with E-state index in [1.807, 2.05) is 30.3 Å². The van der Waals surface area contributed by atoms with Crippen LogP contribution in [0, 0.1) is 0 Å². The molecule has 0 radical (unpaired) electrons. The number of nitrogens with zero attached hydrogens (tertiary/aromatic N) is 2. The first kappa shape index (κ1) is 15.3. The fourth-order valence-corrected chi connectivity index (χ4v) is 3.51. The molecule has 26 heavy (non-hydrogen) atoms. The van der Waals surface area contributed by atoms with Gasteiger partial charge in [0.2, 0.25) is 5.90 Å². The summed E-state index contributed by atoms with van der Waals surface area (Å²) in [4.78, 5) is 9.76. The fourth-order valence-electron chi connectivity index (χ4n) is 3.51. The second kappa shape index (κ2) is 6.41. The molecule has 0 saturated heterocycles. The van der Waals surface area contributed by atoms with Crippen LogP contribution < -0.4 is 0 Å². The Balaban J connectivity index is 1.53. The molecule has 3 nitrogen and oxygen atoms in total. The Labute approximate surface area is 153 Å². The van der Waals surface area contributed by atoms with Gasteiger partial charge in [0.25, 0.3) is 0 Å². The average molecular weight is 340 g/mol. The predicted molar refractivity (Wildman–Crippen MR) is 102 cm³/mol. The lowest BCUT2D eigenvalue weighted by atomic mass is 9.97. The van der Waals surface area contributed by atoms with Crippen molar-refractivity contribution in [2.45, 2.75) is 30.9 Å². The zero-order valence-electron chi connectivity index (χ0n) is 14.5. The molecule has 2 aliphatic rings. The summed E-state index contributed by atoms with van der Waals surface area (Å²) in [5, 5.41) is 0. The van der Waals surface area contributed by atoms with Crippen LogP contribution in [0.4, 0.5) is 0 Å². The van der Waals surface area contributed by atoms with Crippen molar-refractivity contribution in [1.29, 1.82) is 0 Å². The summed E-state index contributed by atoms with van der Waals surface area (Å²) in [5.41, 5.74) is 4.30. The number of ether oxygens (including phenoxy) is 1. The second-order valence-corrected chi connectivity index (χ2v) is 6.96. The van der Waals surface area contributed by atoms with Gasteiger partial charge in [0.05, 0.1) is 0 Å². The number of benzene rings is 2. The van der Waals surface area contributed by atoms with Gasteiger partial charge in [-0.05, 0) is 36.1 Å². The first-order valence-corrected chi connectivity index (χ1v) is 9.20. The topological polar surface area (TPSA) is 34.5 Å². The molecule has 1 aliphatic carbocycles. The quantitative estimate of drug-likeness (QED) is 0.653. The van der Waals surface area contributed by atoms with E-state index in [0.29, 0.717) is 11.8 Å². The minimum Gasteiger partial charge on any atom is -0.465 e. The summed E-state index contributed by atoms with van der Waals surface area (Å²) >= 11 is 0. The second-order valence-electron chi connectivity index (χ2n) is 6.96. The van der Waals surface area contributed by atoms with Gasteiger partial charge in [-0.3, -0.25) is 0 Å². The number of aromatic nitrogens is 1. The van der Waals surface area contributed by atoms with Gasteiger partial charge in [-0.25, -0.2) is 9.98 Å². The van der Waals surface area contributed by atoms with E-state index >= 15 is 0 Å². The van der Waals surface area contributed by atoms with Gasteiger partial charge in [0.15, 0.2) is 6.10 Å². The molecular formula is C23H20N2O. The molecule has 128 valence electrons. The standard InChI is InChI=1S/C23H20N2O/c1-3-8-17(9-4-1)21-22(18-10-5-2-6-11-18)26-23(25-21)20-13-7-12-19(24-20)16-14-15-16/h1-13,16,21-22H,14-15H2/t21-,22+/m0/s1. The van der Waals surface area contributed by atoms with Gasteiger partial charge >= 0.3 is 0 Å². The summed E-state index contributed by atoms with van der Waals surface area (Å²) in [6.07, 6.45) is 2.35.